The first-order valence-electron chi connectivity index (χ1n) is 7.88. The van der Waals surface area contributed by atoms with E-state index in [9.17, 15) is 4.79 Å². The first-order valence-corrected chi connectivity index (χ1v) is 7.88. The van der Waals surface area contributed by atoms with Gasteiger partial charge in [-0.05, 0) is 31.2 Å². The number of nitrogens with zero attached hydrogens (tertiary/aromatic N) is 2. The molecule has 124 valence electrons. The van der Waals surface area contributed by atoms with Crippen molar-refractivity contribution in [2.75, 3.05) is 0 Å². The fourth-order valence-corrected chi connectivity index (χ4v) is 2.55. The quantitative estimate of drug-likeness (QED) is 0.568. The van der Waals surface area contributed by atoms with Crippen molar-refractivity contribution < 1.29 is 13.9 Å². The van der Waals surface area contributed by atoms with Crippen LogP contribution in [0.1, 0.15) is 29.4 Å². The zero-order chi connectivity index (χ0) is 17.2. The third-order valence-corrected chi connectivity index (χ3v) is 3.84. The lowest BCUT2D eigenvalue weighted by Crippen LogP contribution is -2.09. The maximum atomic E-state index is 12.3. The summed E-state index contributed by atoms with van der Waals surface area (Å²) in [6.45, 7) is 1.70. The number of hydrogen-bond donors (Lipinski definition) is 1. The van der Waals surface area contributed by atoms with Crippen molar-refractivity contribution >= 4 is 16.9 Å². The van der Waals surface area contributed by atoms with Crippen LogP contribution in [0.4, 0.5) is 0 Å². The topological polar surface area (TPSA) is 81.0 Å². The molecule has 0 spiro atoms. The van der Waals surface area contributed by atoms with E-state index in [4.69, 9.17) is 9.15 Å². The Labute approximate surface area is 143 Å². The van der Waals surface area contributed by atoms with Gasteiger partial charge in [0.2, 0.25) is 5.89 Å². The molecule has 6 heteroatoms. The summed E-state index contributed by atoms with van der Waals surface area (Å²) in [6, 6.07) is 18.8. The minimum absolute atomic E-state index is 0.253. The molecule has 0 amide bonds. The molecule has 2 heterocycles. The number of H-pyrrole nitrogens is 1. The van der Waals surface area contributed by atoms with E-state index in [2.05, 4.69) is 15.2 Å². The number of fused-ring (bicyclic) bond motifs is 1. The van der Waals surface area contributed by atoms with E-state index in [1.54, 1.807) is 13.0 Å². The number of para-hydroxylation sites is 1. The summed E-state index contributed by atoms with van der Waals surface area (Å²) in [7, 11) is 0. The summed E-state index contributed by atoms with van der Waals surface area (Å²) in [5.41, 5.74) is 2.08. The largest absolute Gasteiger partial charge is 0.448 e. The van der Waals surface area contributed by atoms with Gasteiger partial charge in [-0.25, -0.2) is 4.79 Å². The Balaban J connectivity index is 1.50. The van der Waals surface area contributed by atoms with Gasteiger partial charge in [0.1, 0.15) is 5.69 Å². The highest BCUT2D eigenvalue weighted by Crippen LogP contribution is 2.23. The van der Waals surface area contributed by atoms with Crippen LogP contribution in [-0.2, 0) is 4.74 Å². The minimum atomic E-state index is -0.649. The highest BCUT2D eigenvalue weighted by molar-refractivity contribution is 5.94. The molecule has 25 heavy (non-hydrogen) atoms. The van der Waals surface area contributed by atoms with E-state index >= 15 is 0 Å². The molecule has 0 radical (unpaired) electrons. The Morgan fingerprint density at radius 3 is 2.64 bits per heavy atom. The fraction of sp³-hybridized carbons (Fsp3) is 0.105. The van der Waals surface area contributed by atoms with E-state index in [-0.39, 0.29) is 5.89 Å². The fourth-order valence-electron chi connectivity index (χ4n) is 2.55. The molecule has 1 N–H and O–H groups in total. The molecule has 4 rings (SSSR count). The van der Waals surface area contributed by atoms with Gasteiger partial charge < -0.3 is 14.1 Å². The van der Waals surface area contributed by atoms with Crippen molar-refractivity contribution in [1.82, 2.24) is 15.2 Å². The molecule has 2 aromatic heterocycles. The van der Waals surface area contributed by atoms with Crippen molar-refractivity contribution in [3.63, 3.8) is 0 Å². The van der Waals surface area contributed by atoms with E-state index < -0.39 is 12.1 Å². The van der Waals surface area contributed by atoms with Crippen molar-refractivity contribution in [2.24, 2.45) is 0 Å². The van der Waals surface area contributed by atoms with E-state index in [1.807, 2.05) is 54.6 Å². The number of rotatable bonds is 4. The maximum Gasteiger partial charge on any atom is 0.355 e. The number of aromatic amines is 1. The smallest absolute Gasteiger partial charge is 0.355 e. The summed E-state index contributed by atoms with van der Waals surface area (Å²) in [5.74, 6) is 0.176. The number of carbonyl (C=O) groups excluding carboxylic acids is 1. The third-order valence-electron chi connectivity index (χ3n) is 3.84. The van der Waals surface area contributed by atoms with Crippen molar-refractivity contribution in [3.05, 3.63) is 72.2 Å². The van der Waals surface area contributed by atoms with Crippen LogP contribution in [0.25, 0.3) is 22.4 Å². The summed E-state index contributed by atoms with van der Waals surface area (Å²) < 4.78 is 11.1. The highest BCUT2D eigenvalue weighted by Gasteiger charge is 2.21. The number of carbonyl (C=O) groups is 1. The first kappa shape index (κ1) is 15.1. The van der Waals surface area contributed by atoms with Gasteiger partial charge in [0.25, 0.3) is 5.89 Å². The van der Waals surface area contributed by atoms with Gasteiger partial charge in [-0.2, -0.15) is 0 Å². The van der Waals surface area contributed by atoms with Gasteiger partial charge in [-0.3, -0.25) is 0 Å². The van der Waals surface area contributed by atoms with Crippen LogP contribution in [0.5, 0.6) is 0 Å². The molecule has 0 bridgehead atoms. The average molecular weight is 333 g/mol. The lowest BCUT2D eigenvalue weighted by molar-refractivity contribution is 0.0274. The molecule has 2 aromatic carbocycles. The average Bonchev–Trinajstić information content (AvgIpc) is 3.29. The minimum Gasteiger partial charge on any atom is -0.448 e. The van der Waals surface area contributed by atoms with Gasteiger partial charge >= 0.3 is 5.97 Å². The Morgan fingerprint density at radius 1 is 1.08 bits per heavy atom. The van der Waals surface area contributed by atoms with E-state index in [1.165, 1.54) is 0 Å². The molecule has 6 nitrogen and oxygen atoms in total. The Morgan fingerprint density at radius 2 is 1.84 bits per heavy atom. The molecule has 1 atom stereocenters. The lowest BCUT2D eigenvalue weighted by Gasteiger charge is -2.08. The molecule has 0 aliphatic rings. The van der Waals surface area contributed by atoms with Gasteiger partial charge in [0, 0.05) is 16.5 Å². The number of hydrogen-bond acceptors (Lipinski definition) is 5. The molecule has 0 unspecified atom stereocenters. The van der Waals surface area contributed by atoms with Crippen LogP contribution < -0.4 is 0 Å². The SMILES string of the molecule is C[C@@H](OC(=O)c1cc2ccccc2[nH]1)c1nnc(-c2ccccc2)o1. The monoisotopic (exact) mass is 333 g/mol. The Kier molecular flexibility index (Phi) is 3.78. The standard InChI is InChI=1S/C19H15N3O3/c1-12(17-21-22-18(25-17)13-7-3-2-4-8-13)24-19(23)16-11-14-9-5-6-10-15(14)20-16/h2-12,20H,1H3/t12-/m1/s1. The van der Waals surface area contributed by atoms with E-state index in [0.29, 0.717) is 11.6 Å². The predicted octanol–water partition coefficient (Wildman–Crippen LogP) is 4.14. The summed E-state index contributed by atoms with van der Waals surface area (Å²) in [4.78, 5) is 15.4. The zero-order valence-electron chi connectivity index (χ0n) is 13.5. The van der Waals surface area contributed by atoms with Gasteiger partial charge in [0.05, 0.1) is 0 Å². The van der Waals surface area contributed by atoms with Gasteiger partial charge in [0.15, 0.2) is 6.10 Å². The van der Waals surface area contributed by atoms with Crippen LogP contribution in [-0.4, -0.2) is 21.2 Å². The zero-order valence-corrected chi connectivity index (χ0v) is 13.5. The summed E-state index contributed by atoms with van der Waals surface area (Å²) in [5, 5.41) is 8.93. The number of benzene rings is 2. The van der Waals surface area contributed by atoms with Crippen LogP contribution in [0.15, 0.2) is 65.1 Å². The van der Waals surface area contributed by atoms with Gasteiger partial charge in [-0.1, -0.05) is 36.4 Å². The van der Waals surface area contributed by atoms with Crippen molar-refractivity contribution in [1.29, 1.82) is 0 Å². The van der Waals surface area contributed by atoms with Crippen molar-refractivity contribution in [3.8, 4) is 11.5 Å². The van der Waals surface area contributed by atoms with Crippen LogP contribution in [0.2, 0.25) is 0 Å². The summed E-state index contributed by atoms with van der Waals surface area (Å²) in [6.07, 6.45) is -0.649. The van der Waals surface area contributed by atoms with Crippen molar-refractivity contribution in [2.45, 2.75) is 13.0 Å². The molecule has 0 fully saturated rings. The molecule has 0 aliphatic carbocycles. The third kappa shape index (κ3) is 3.01. The molecule has 0 saturated heterocycles. The Bertz CT molecular complexity index is 988. The second-order valence-corrected chi connectivity index (χ2v) is 5.63. The molecular formula is C19H15N3O3. The second kappa shape index (κ2) is 6.24. The van der Waals surface area contributed by atoms with Crippen LogP contribution >= 0.6 is 0 Å². The van der Waals surface area contributed by atoms with E-state index in [0.717, 1.165) is 16.5 Å². The summed E-state index contributed by atoms with van der Waals surface area (Å²) >= 11 is 0. The second-order valence-electron chi connectivity index (χ2n) is 5.63. The predicted molar refractivity (Wildman–Crippen MR) is 91.9 cm³/mol. The van der Waals surface area contributed by atoms with Gasteiger partial charge in [-0.15, -0.1) is 10.2 Å². The lowest BCUT2D eigenvalue weighted by atomic mass is 10.2. The number of nitrogens with one attached hydrogen (secondary N) is 1. The number of aromatic nitrogens is 3. The number of esters is 1. The number of ether oxygens (including phenoxy) is 1. The first-order chi connectivity index (χ1) is 12.2. The van der Waals surface area contributed by atoms with Crippen LogP contribution in [0, 0.1) is 0 Å². The molecule has 0 aliphatic heterocycles. The normalized spacial score (nSPS) is 12.2. The molecular weight excluding hydrogens is 318 g/mol. The molecule has 0 saturated carbocycles. The van der Waals surface area contributed by atoms with Crippen LogP contribution in [0.3, 0.4) is 0 Å². The highest BCUT2D eigenvalue weighted by atomic mass is 16.6. The maximum absolute atomic E-state index is 12.3. The Hall–Kier alpha value is -3.41. The molecule has 4 aromatic rings.